The minimum absolute atomic E-state index is 0.0385. The minimum Gasteiger partial charge on any atom is -0.492 e. The van der Waals surface area contributed by atoms with Gasteiger partial charge in [-0.1, -0.05) is 52.0 Å². The van der Waals surface area contributed by atoms with Gasteiger partial charge in [0.2, 0.25) is 5.91 Å². The zero-order valence-corrected chi connectivity index (χ0v) is 18.5. The number of para-hydroxylation sites is 1. The molecule has 0 aliphatic rings. The van der Waals surface area contributed by atoms with Crippen LogP contribution in [0.1, 0.15) is 69.1 Å². The maximum atomic E-state index is 12.5. The molecule has 2 aromatic rings. The number of nitrogens with one attached hydrogen (secondary N) is 1. The van der Waals surface area contributed by atoms with Gasteiger partial charge in [-0.25, -0.2) is 0 Å². The van der Waals surface area contributed by atoms with Gasteiger partial charge in [0.05, 0.1) is 11.1 Å². The van der Waals surface area contributed by atoms with Crippen molar-refractivity contribution in [1.82, 2.24) is 0 Å². The van der Waals surface area contributed by atoms with Crippen LogP contribution in [0, 0.1) is 6.92 Å². The van der Waals surface area contributed by atoms with Crippen LogP contribution < -0.4 is 10.1 Å². The highest BCUT2D eigenvalue weighted by molar-refractivity contribution is 9.10. The van der Waals surface area contributed by atoms with Gasteiger partial charge in [-0.05, 0) is 69.9 Å². The van der Waals surface area contributed by atoms with E-state index in [-0.39, 0.29) is 5.91 Å². The summed E-state index contributed by atoms with van der Waals surface area (Å²) in [4.78, 5) is 12.5. The lowest BCUT2D eigenvalue weighted by Crippen LogP contribution is -2.16. The molecule has 0 fully saturated rings. The maximum absolute atomic E-state index is 12.5. The Balaban J connectivity index is 1.94. The summed E-state index contributed by atoms with van der Waals surface area (Å²) in [6.45, 7) is 11.2. The first-order valence-electron chi connectivity index (χ1n) is 9.61. The Bertz CT molecular complexity index is 758. The second-order valence-corrected chi connectivity index (χ2v) is 8.41. The smallest absolute Gasteiger partial charge is 0.224 e. The molecule has 2 aromatic carbocycles. The number of aryl methyl sites for hydroxylation is 1. The molecule has 0 radical (unpaired) electrons. The van der Waals surface area contributed by atoms with Crippen molar-refractivity contribution in [3.05, 3.63) is 57.6 Å². The van der Waals surface area contributed by atoms with E-state index in [9.17, 15) is 4.79 Å². The normalized spacial score (nSPS) is 11.1. The van der Waals surface area contributed by atoms with Gasteiger partial charge >= 0.3 is 0 Å². The molecule has 146 valence electrons. The Kier molecular flexibility index (Phi) is 7.91. The molecule has 1 amide bonds. The summed E-state index contributed by atoms with van der Waals surface area (Å²) in [6.07, 6.45) is 1.11. The molecule has 2 rings (SSSR count). The fourth-order valence-corrected chi connectivity index (χ4v) is 3.64. The Morgan fingerprint density at radius 1 is 1.07 bits per heavy atom. The van der Waals surface area contributed by atoms with Crippen molar-refractivity contribution in [1.29, 1.82) is 0 Å². The molecule has 0 heterocycles. The molecule has 0 aliphatic heterocycles. The number of carbonyl (C=O) groups is 1. The highest BCUT2D eigenvalue weighted by Crippen LogP contribution is 2.32. The number of hydrogen-bond donors (Lipinski definition) is 1. The summed E-state index contributed by atoms with van der Waals surface area (Å²) in [5.41, 5.74) is 4.54. The molecule has 0 spiro atoms. The number of amides is 1. The lowest BCUT2D eigenvalue weighted by atomic mass is 9.92. The maximum Gasteiger partial charge on any atom is 0.224 e. The van der Waals surface area contributed by atoms with E-state index in [1.165, 1.54) is 16.7 Å². The topological polar surface area (TPSA) is 38.3 Å². The van der Waals surface area contributed by atoms with E-state index in [1.54, 1.807) is 0 Å². The summed E-state index contributed by atoms with van der Waals surface area (Å²) < 4.78 is 6.73. The molecule has 0 aliphatic carbocycles. The van der Waals surface area contributed by atoms with E-state index in [0.717, 1.165) is 15.9 Å². The van der Waals surface area contributed by atoms with E-state index < -0.39 is 0 Å². The van der Waals surface area contributed by atoms with Crippen LogP contribution in [0.3, 0.4) is 0 Å². The van der Waals surface area contributed by atoms with E-state index in [4.69, 9.17) is 4.74 Å². The van der Waals surface area contributed by atoms with Crippen molar-refractivity contribution in [3.63, 3.8) is 0 Å². The third-order valence-electron chi connectivity index (χ3n) is 4.53. The predicted molar refractivity (Wildman–Crippen MR) is 117 cm³/mol. The first-order chi connectivity index (χ1) is 12.8. The molecule has 1 N–H and O–H groups in total. The fraction of sp³-hybridized carbons (Fsp3) is 0.435. The van der Waals surface area contributed by atoms with Gasteiger partial charge in [-0.2, -0.15) is 0 Å². The molecule has 0 saturated heterocycles. The van der Waals surface area contributed by atoms with Gasteiger partial charge in [0, 0.05) is 12.1 Å². The lowest BCUT2D eigenvalue weighted by Gasteiger charge is -2.20. The van der Waals surface area contributed by atoms with Gasteiger partial charge in [0.25, 0.3) is 0 Å². The van der Waals surface area contributed by atoms with Crippen molar-refractivity contribution in [2.45, 2.75) is 59.3 Å². The molecule has 3 nitrogen and oxygen atoms in total. The number of hydrogen-bond acceptors (Lipinski definition) is 2. The van der Waals surface area contributed by atoms with Gasteiger partial charge < -0.3 is 10.1 Å². The van der Waals surface area contributed by atoms with E-state index >= 15 is 0 Å². The van der Waals surface area contributed by atoms with Gasteiger partial charge in [-0.15, -0.1) is 0 Å². The van der Waals surface area contributed by atoms with Crippen molar-refractivity contribution < 1.29 is 9.53 Å². The number of ether oxygens (including phenoxy) is 1. The zero-order valence-electron chi connectivity index (χ0n) is 16.9. The van der Waals surface area contributed by atoms with Crippen LogP contribution >= 0.6 is 15.9 Å². The highest BCUT2D eigenvalue weighted by Gasteiger charge is 2.15. The molecule has 0 saturated carbocycles. The van der Waals surface area contributed by atoms with Crippen molar-refractivity contribution >= 4 is 27.5 Å². The first kappa shape index (κ1) is 21.5. The molecule has 27 heavy (non-hydrogen) atoms. The summed E-state index contributed by atoms with van der Waals surface area (Å²) in [6, 6.07) is 12.3. The van der Waals surface area contributed by atoms with E-state index in [1.807, 2.05) is 25.1 Å². The Morgan fingerprint density at radius 2 is 1.70 bits per heavy atom. The molecule has 4 heteroatoms. The van der Waals surface area contributed by atoms with Crippen molar-refractivity contribution in [2.75, 3.05) is 11.9 Å². The van der Waals surface area contributed by atoms with Gasteiger partial charge in [0.1, 0.15) is 5.75 Å². The SMILES string of the molecule is Cc1ccc(OCCCC(=O)Nc2c(C(C)C)cccc2C(C)C)c(Br)c1. The predicted octanol–water partition coefficient (Wildman–Crippen LogP) is 6.80. The zero-order chi connectivity index (χ0) is 20.0. The monoisotopic (exact) mass is 431 g/mol. The average molecular weight is 432 g/mol. The quantitative estimate of drug-likeness (QED) is 0.466. The fourth-order valence-electron chi connectivity index (χ4n) is 3.04. The Hall–Kier alpha value is -1.81. The molecule has 0 unspecified atom stereocenters. The average Bonchev–Trinajstić information content (AvgIpc) is 2.60. The summed E-state index contributed by atoms with van der Waals surface area (Å²) in [5.74, 6) is 1.58. The molecular formula is C23H30BrNO2. The first-order valence-corrected chi connectivity index (χ1v) is 10.4. The molecule has 0 atom stereocenters. The van der Waals surface area contributed by atoms with Crippen LogP contribution in [-0.2, 0) is 4.79 Å². The van der Waals surface area contributed by atoms with Crippen LogP contribution in [0.2, 0.25) is 0 Å². The van der Waals surface area contributed by atoms with Crippen LogP contribution in [-0.4, -0.2) is 12.5 Å². The second-order valence-electron chi connectivity index (χ2n) is 7.55. The van der Waals surface area contributed by atoms with Crippen LogP contribution in [0.4, 0.5) is 5.69 Å². The second kappa shape index (κ2) is 9.93. The third kappa shape index (κ3) is 6.10. The van der Waals surface area contributed by atoms with E-state index in [0.29, 0.717) is 31.3 Å². The molecular weight excluding hydrogens is 402 g/mol. The molecule has 0 aromatic heterocycles. The number of carbonyl (C=O) groups excluding carboxylic acids is 1. The standard InChI is InChI=1S/C23H30BrNO2/c1-15(2)18-8-6-9-19(16(3)4)23(18)25-22(26)10-7-13-27-21-12-11-17(5)14-20(21)24/h6,8-9,11-12,14-16H,7,10,13H2,1-5H3,(H,25,26). The number of halogens is 1. The van der Waals surface area contributed by atoms with Crippen molar-refractivity contribution in [3.8, 4) is 5.75 Å². The number of rotatable bonds is 8. The van der Waals surface area contributed by atoms with Crippen molar-refractivity contribution in [2.24, 2.45) is 0 Å². The number of benzene rings is 2. The summed E-state index contributed by atoms with van der Waals surface area (Å²) in [5, 5.41) is 3.16. The Morgan fingerprint density at radius 3 is 2.26 bits per heavy atom. The highest BCUT2D eigenvalue weighted by atomic mass is 79.9. The van der Waals surface area contributed by atoms with Gasteiger partial charge in [0.15, 0.2) is 0 Å². The lowest BCUT2D eigenvalue weighted by molar-refractivity contribution is -0.116. The van der Waals surface area contributed by atoms with E-state index in [2.05, 4.69) is 67.1 Å². The summed E-state index contributed by atoms with van der Waals surface area (Å²) >= 11 is 3.51. The van der Waals surface area contributed by atoms with Crippen LogP contribution in [0.5, 0.6) is 5.75 Å². The summed E-state index contributed by atoms with van der Waals surface area (Å²) in [7, 11) is 0. The third-order valence-corrected chi connectivity index (χ3v) is 5.15. The van der Waals surface area contributed by atoms with Crippen LogP contribution in [0.25, 0.3) is 0 Å². The number of anilines is 1. The van der Waals surface area contributed by atoms with Gasteiger partial charge in [-0.3, -0.25) is 4.79 Å². The minimum atomic E-state index is 0.0385. The largest absolute Gasteiger partial charge is 0.492 e. The Labute approximate surface area is 171 Å². The van der Waals surface area contributed by atoms with Crippen LogP contribution in [0.15, 0.2) is 40.9 Å². The molecule has 0 bridgehead atoms.